The molecule has 0 saturated carbocycles. The second kappa shape index (κ2) is 11.6. The fourth-order valence-electron chi connectivity index (χ4n) is 5.90. The van der Waals surface area contributed by atoms with Gasteiger partial charge in [-0.1, -0.05) is 158 Å². The van der Waals surface area contributed by atoms with Crippen LogP contribution >= 0.6 is 0 Å². The van der Waals surface area contributed by atoms with Crippen molar-refractivity contribution in [3.8, 4) is 34.1 Å². The predicted octanol–water partition coefficient (Wildman–Crippen LogP) is 10.3. The molecular weight excluding hydrogens is 544 g/mol. The van der Waals surface area contributed by atoms with E-state index in [1.165, 1.54) is 32.8 Å². The quantitative estimate of drug-likeness (QED) is 0.183. The Labute approximate surface area is 263 Å². The summed E-state index contributed by atoms with van der Waals surface area (Å²) in [5.41, 5.74) is 8.47. The van der Waals surface area contributed by atoms with Crippen LogP contribution in [0.1, 0.15) is 22.7 Å². The minimum Gasteiger partial charge on any atom is -0.245 e. The number of aliphatic imine (C=N–C) groups is 2. The Bertz CT molecular complexity index is 2300. The molecule has 45 heavy (non-hydrogen) atoms. The van der Waals surface area contributed by atoms with Crippen LogP contribution in [-0.4, -0.2) is 11.5 Å². The van der Waals surface area contributed by atoms with Gasteiger partial charge in [0.1, 0.15) is 11.8 Å². The summed E-state index contributed by atoms with van der Waals surface area (Å²) in [6.45, 7) is 0. The number of fused-ring (bicyclic) bond motifs is 2. The molecule has 7 aromatic carbocycles. The molecule has 0 N–H and O–H groups in total. The minimum atomic E-state index is -0.334. The van der Waals surface area contributed by atoms with E-state index < -0.39 is 0 Å². The molecule has 1 atom stereocenters. The van der Waals surface area contributed by atoms with Gasteiger partial charge in [0.15, 0.2) is 5.84 Å². The van der Waals surface area contributed by atoms with Crippen molar-refractivity contribution in [2.24, 2.45) is 9.98 Å². The van der Waals surface area contributed by atoms with Crippen LogP contribution in [-0.2, 0) is 0 Å². The summed E-state index contributed by atoms with van der Waals surface area (Å²) in [5, 5.41) is 4.73. The molecule has 0 radical (unpaired) electrons. The summed E-state index contributed by atoms with van der Waals surface area (Å²) in [6.07, 6.45) is 0. The van der Waals surface area contributed by atoms with Gasteiger partial charge in [0, 0.05) is 11.1 Å². The second-order valence-electron chi connectivity index (χ2n) is 11.3. The summed E-state index contributed by atoms with van der Waals surface area (Å²) >= 11 is 0. The molecule has 2 nitrogen and oxygen atoms in total. The zero-order valence-electron chi connectivity index (χ0n) is 24.6. The third-order valence-corrected chi connectivity index (χ3v) is 8.38. The molecule has 7 aromatic rings. The van der Waals surface area contributed by atoms with Gasteiger partial charge in [-0.3, -0.25) is 0 Å². The van der Waals surface area contributed by atoms with Crippen LogP contribution in [0.2, 0.25) is 0 Å². The van der Waals surface area contributed by atoms with E-state index >= 15 is 0 Å². The standard InChI is InChI=1S/C43H28N2/c1-2-8-30(9-3-1)33-14-16-34(17-15-33)35-18-22-36(23-19-35)41-26-27-42(39-24-20-31-10-4-6-12-37(31)28-39)45-43(44-41)40-25-21-32-11-5-7-13-38(32)29-40/h1-25,28-29,42H. The van der Waals surface area contributed by atoms with E-state index in [1.54, 1.807) is 0 Å². The summed E-state index contributed by atoms with van der Waals surface area (Å²) in [5.74, 6) is 7.52. The van der Waals surface area contributed by atoms with E-state index in [2.05, 4.69) is 170 Å². The minimum absolute atomic E-state index is 0.334. The smallest absolute Gasteiger partial charge is 0.157 e. The first kappa shape index (κ1) is 26.6. The van der Waals surface area contributed by atoms with Crippen molar-refractivity contribution >= 4 is 33.1 Å². The van der Waals surface area contributed by atoms with E-state index in [9.17, 15) is 0 Å². The average Bonchev–Trinajstić information content (AvgIpc) is 3.35. The maximum Gasteiger partial charge on any atom is 0.157 e. The molecule has 1 unspecified atom stereocenters. The Morgan fingerprint density at radius 3 is 1.53 bits per heavy atom. The van der Waals surface area contributed by atoms with Crippen molar-refractivity contribution in [1.29, 1.82) is 0 Å². The summed E-state index contributed by atoms with van der Waals surface area (Å²) < 4.78 is 0. The van der Waals surface area contributed by atoms with Crippen LogP contribution in [0.5, 0.6) is 0 Å². The summed E-state index contributed by atoms with van der Waals surface area (Å²) in [4.78, 5) is 10.3. The molecular formula is C43H28N2. The molecule has 0 aromatic heterocycles. The van der Waals surface area contributed by atoms with Gasteiger partial charge in [0.05, 0.1) is 0 Å². The molecule has 1 aliphatic rings. The number of nitrogens with zero attached hydrogens (tertiary/aromatic N) is 2. The second-order valence-corrected chi connectivity index (χ2v) is 11.3. The lowest BCUT2D eigenvalue weighted by Crippen LogP contribution is -2.05. The SMILES string of the molecule is C1#CC(c2ccc3ccccc3c2)N=C(c2ccc3ccccc3c2)N=C1c1ccc(-c2ccc(-c3ccccc3)cc2)cc1. The van der Waals surface area contributed by atoms with Crippen LogP contribution in [0.3, 0.4) is 0 Å². The fraction of sp³-hybridized carbons (Fsp3) is 0.0233. The van der Waals surface area contributed by atoms with Gasteiger partial charge in [0.25, 0.3) is 0 Å². The highest BCUT2D eigenvalue weighted by molar-refractivity contribution is 6.21. The van der Waals surface area contributed by atoms with Gasteiger partial charge in [-0.25, -0.2) is 9.98 Å². The molecule has 0 amide bonds. The predicted molar refractivity (Wildman–Crippen MR) is 189 cm³/mol. The number of benzene rings is 7. The van der Waals surface area contributed by atoms with E-state index in [0.29, 0.717) is 5.84 Å². The third-order valence-electron chi connectivity index (χ3n) is 8.38. The molecule has 0 bridgehead atoms. The first-order valence-corrected chi connectivity index (χ1v) is 15.2. The molecule has 2 heteroatoms. The topological polar surface area (TPSA) is 24.7 Å². The Balaban J connectivity index is 1.16. The van der Waals surface area contributed by atoms with Gasteiger partial charge in [-0.2, -0.15) is 0 Å². The maximum absolute atomic E-state index is 5.16. The zero-order valence-corrected chi connectivity index (χ0v) is 24.6. The van der Waals surface area contributed by atoms with Crippen LogP contribution in [0.4, 0.5) is 0 Å². The van der Waals surface area contributed by atoms with Gasteiger partial charge < -0.3 is 0 Å². The first-order valence-electron chi connectivity index (χ1n) is 15.2. The van der Waals surface area contributed by atoms with Crippen molar-refractivity contribution in [2.75, 3.05) is 0 Å². The van der Waals surface area contributed by atoms with Crippen LogP contribution < -0.4 is 0 Å². The number of hydrogen-bond acceptors (Lipinski definition) is 2. The van der Waals surface area contributed by atoms with Crippen molar-refractivity contribution < 1.29 is 0 Å². The third kappa shape index (κ3) is 5.44. The molecule has 0 aliphatic carbocycles. The Morgan fingerprint density at radius 2 is 0.889 bits per heavy atom. The van der Waals surface area contributed by atoms with Crippen molar-refractivity contribution in [3.05, 3.63) is 180 Å². The van der Waals surface area contributed by atoms with Crippen molar-refractivity contribution in [3.63, 3.8) is 0 Å². The highest BCUT2D eigenvalue weighted by atomic mass is 14.9. The highest BCUT2D eigenvalue weighted by Gasteiger charge is 2.16. The van der Waals surface area contributed by atoms with E-state index in [1.807, 2.05) is 6.07 Å². The van der Waals surface area contributed by atoms with E-state index in [0.717, 1.165) is 33.4 Å². The average molecular weight is 573 g/mol. The lowest BCUT2D eigenvalue weighted by molar-refractivity contribution is 0.947. The van der Waals surface area contributed by atoms with E-state index in [4.69, 9.17) is 9.98 Å². The largest absolute Gasteiger partial charge is 0.245 e. The molecule has 8 rings (SSSR count). The molecule has 1 heterocycles. The molecule has 0 spiro atoms. The van der Waals surface area contributed by atoms with Crippen molar-refractivity contribution in [1.82, 2.24) is 0 Å². The van der Waals surface area contributed by atoms with Gasteiger partial charge in [-0.15, -0.1) is 0 Å². The molecule has 0 saturated heterocycles. The Hall–Kier alpha value is -6.04. The summed E-state index contributed by atoms with van der Waals surface area (Å²) in [6, 6.07) is 57.0. The maximum atomic E-state index is 5.16. The Morgan fingerprint density at radius 1 is 0.400 bits per heavy atom. The molecule has 210 valence electrons. The van der Waals surface area contributed by atoms with E-state index in [-0.39, 0.29) is 6.04 Å². The molecule has 1 aliphatic heterocycles. The Kier molecular flexibility index (Phi) is 6.83. The normalized spacial score (nSPS) is 14.3. The van der Waals surface area contributed by atoms with Gasteiger partial charge in [0.2, 0.25) is 0 Å². The van der Waals surface area contributed by atoms with Crippen molar-refractivity contribution in [2.45, 2.75) is 6.04 Å². The summed E-state index contributed by atoms with van der Waals surface area (Å²) in [7, 11) is 0. The fourth-order valence-corrected chi connectivity index (χ4v) is 5.90. The molecule has 0 fully saturated rings. The number of amidine groups is 1. The number of rotatable bonds is 5. The first-order chi connectivity index (χ1) is 22.3. The monoisotopic (exact) mass is 572 g/mol. The zero-order chi connectivity index (χ0) is 30.0. The highest BCUT2D eigenvalue weighted by Crippen LogP contribution is 2.28. The van der Waals surface area contributed by atoms with Crippen LogP contribution in [0.25, 0.3) is 43.8 Å². The van der Waals surface area contributed by atoms with Gasteiger partial charge in [-0.05, 0) is 67.4 Å². The van der Waals surface area contributed by atoms with Crippen LogP contribution in [0.15, 0.2) is 174 Å². The van der Waals surface area contributed by atoms with Crippen LogP contribution in [0, 0.1) is 11.8 Å². The number of hydrogen-bond donors (Lipinski definition) is 0. The lowest BCUT2D eigenvalue weighted by Gasteiger charge is -2.10. The van der Waals surface area contributed by atoms with Gasteiger partial charge >= 0.3 is 0 Å². The lowest BCUT2D eigenvalue weighted by atomic mass is 9.99.